The van der Waals surface area contributed by atoms with Gasteiger partial charge in [0.1, 0.15) is 6.04 Å². The van der Waals surface area contributed by atoms with Gasteiger partial charge in [-0.2, -0.15) is 0 Å². The van der Waals surface area contributed by atoms with Gasteiger partial charge >= 0.3 is 5.97 Å². The quantitative estimate of drug-likeness (QED) is 0.482. The fourth-order valence-corrected chi connectivity index (χ4v) is 2.35. The van der Waals surface area contributed by atoms with Crippen molar-refractivity contribution >= 4 is 44.5 Å². The Hall–Kier alpha value is -2.15. The van der Waals surface area contributed by atoms with Crippen LogP contribution < -0.4 is 5.32 Å². The molecular formula is C15H15BrN2O4. The van der Waals surface area contributed by atoms with E-state index in [0.717, 1.165) is 9.99 Å². The van der Waals surface area contributed by atoms with E-state index in [1.807, 2.05) is 6.07 Å². The summed E-state index contributed by atoms with van der Waals surface area (Å²) >= 11 is 3.33. The number of benzene rings is 1. The third kappa shape index (κ3) is 3.36. The van der Waals surface area contributed by atoms with Crippen LogP contribution in [0.3, 0.4) is 0 Å². The summed E-state index contributed by atoms with van der Waals surface area (Å²) in [5.41, 5.74) is 1.00. The normalized spacial score (nSPS) is 12.0. The molecule has 0 bridgehead atoms. The fraction of sp³-hybridized carbons (Fsp3) is 0.267. The molecule has 0 fully saturated rings. The van der Waals surface area contributed by atoms with Gasteiger partial charge in [-0.25, -0.2) is 4.79 Å². The van der Waals surface area contributed by atoms with Crippen molar-refractivity contribution in [2.45, 2.75) is 19.9 Å². The number of aromatic amines is 1. The minimum atomic E-state index is -0.881. The summed E-state index contributed by atoms with van der Waals surface area (Å²) in [7, 11) is 0. The Morgan fingerprint density at radius 2 is 2.09 bits per heavy atom. The average molecular weight is 367 g/mol. The molecule has 0 spiro atoms. The Morgan fingerprint density at radius 3 is 2.77 bits per heavy atom. The standard InChI is InChI=1S/C15H15BrN2O4/c1-3-22-15(21)8(2)18-14(20)13(19)11-7-17-12-5-4-9(16)6-10(11)12/h4-8,17H,3H2,1-2H3,(H,18,20). The minimum absolute atomic E-state index is 0.212. The zero-order chi connectivity index (χ0) is 16.3. The Balaban J connectivity index is 2.18. The number of carbonyl (C=O) groups is 3. The van der Waals surface area contributed by atoms with Crippen LogP contribution in [0.5, 0.6) is 0 Å². The van der Waals surface area contributed by atoms with Gasteiger partial charge in [0, 0.05) is 21.6 Å². The molecule has 2 rings (SSSR count). The number of ketones is 1. The van der Waals surface area contributed by atoms with Crippen LogP contribution >= 0.6 is 15.9 Å². The molecule has 0 saturated heterocycles. The molecule has 0 aliphatic carbocycles. The molecule has 7 heteroatoms. The van der Waals surface area contributed by atoms with Crippen LogP contribution in [-0.4, -0.2) is 35.3 Å². The van der Waals surface area contributed by atoms with Gasteiger partial charge in [-0.3, -0.25) is 9.59 Å². The van der Waals surface area contributed by atoms with Gasteiger partial charge < -0.3 is 15.0 Å². The van der Waals surface area contributed by atoms with Crippen molar-refractivity contribution in [2.24, 2.45) is 0 Å². The van der Waals surface area contributed by atoms with Crippen LogP contribution in [0.25, 0.3) is 10.9 Å². The third-order valence-electron chi connectivity index (χ3n) is 3.08. The van der Waals surface area contributed by atoms with Crippen molar-refractivity contribution in [2.75, 3.05) is 6.61 Å². The van der Waals surface area contributed by atoms with Gasteiger partial charge in [0.2, 0.25) is 0 Å². The first kappa shape index (κ1) is 16.2. The van der Waals surface area contributed by atoms with Crippen LogP contribution in [-0.2, 0) is 14.3 Å². The molecular weight excluding hydrogens is 352 g/mol. The van der Waals surface area contributed by atoms with Crippen molar-refractivity contribution < 1.29 is 19.1 Å². The second kappa shape index (κ2) is 6.74. The largest absolute Gasteiger partial charge is 0.464 e. The van der Waals surface area contributed by atoms with E-state index < -0.39 is 23.7 Å². The van der Waals surface area contributed by atoms with Crippen molar-refractivity contribution in [3.63, 3.8) is 0 Å². The summed E-state index contributed by atoms with van der Waals surface area (Å²) in [4.78, 5) is 38.7. The topological polar surface area (TPSA) is 88.3 Å². The molecule has 1 aromatic heterocycles. The molecule has 1 unspecified atom stereocenters. The zero-order valence-electron chi connectivity index (χ0n) is 12.1. The number of esters is 1. The molecule has 1 amide bonds. The molecule has 0 radical (unpaired) electrons. The average Bonchev–Trinajstić information content (AvgIpc) is 2.89. The predicted molar refractivity (Wildman–Crippen MR) is 84.6 cm³/mol. The van der Waals surface area contributed by atoms with E-state index in [2.05, 4.69) is 26.2 Å². The fourth-order valence-electron chi connectivity index (χ4n) is 1.99. The molecule has 22 heavy (non-hydrogen) atoms. The van der Waals surface area contributed by atoms with Gasteiger partial charge in [0.05, 0.1) is 12.2 Å². The molecule has 2 N–H and O–H groups in total. The Morgan fingerprint density at radius 1 is 1.36 bits per heavy atom. The highest BCUT2D eigenvalue weighted by Gasteiger charge is 2.24. The molecule has 2 aromatic rings. The Kier molecular flexibility index (Phi) is 4.97. The van der Waals surface area contributed by atoms with Crippen LogP contribution in [0.2, 0.25) is 0 Å². The minimum Gasteiger partial charge on any atom is -0.464 e. The van der Waals surface area contributed by atoms with Crippen LogP contribution in [0.4, 0.5) is 0 Å². The van der Waals surface area contributed by atoms with E-state index in [1.54, 1.807) is 19.1 Å². The number of halogens is 1. The zero-order valence-corrected chi connectivity index (χ0v) is 13.7. The molecule has 0 saturated carbocycles. The summed E-state index contributed by atoms with van der Waals surface area (Å²) < 4.78 is 5.58. The monoisotopic (exact) mass is 366 g/mol. The third-order valence-corrected chi connectivity index (χ3v) is 3.58. The first-order valence-corrected chi connectivity index (χ1v) is 7.51. The van der Waals surface area contributed by atoms with Crippen molar-refractivity contribution in [3.8, 4) is 0 Å². The lowest BCUT2D eigenvalue weighted by molar-refractivity contribution is -0.146. The highest BCUT2D eigenvalue weighted by Crippen LogP contribution is 2.23. The van der Waals surface area contributed by atoms with E-state index in [1.165, 1.54) is 13.1 Å². The van der Waals surface area contributed by atoms with E-state index in [4.69, 9.17) is 4.74 Å². The smallest absolute Gasteiger partial charge is 0.328 e. The number of fused-ring (bicyclic) bond motifs is 1. The SMILES string of the molecule is CCOC(=O)C(C)NC(=O)C(=O)c1c[nH]c2ccc(Br)cc12. The van der Waals surface area contributed by atoms with Crippen molar-refractivity contribution in [1.82, 2.24) is 10.3 Å². The lowest BCUT2D eigenvalue weighted by Crippen LogP contribution is -2.42. The molecule has 0 aliphatic heterocycles. The number of H-pyrrole nitrogens is 1. The number of ether oxygens (including phenoxy) is 1. The number of rotatable bonds is 5. The van der Waals surface area contributed by atoms with Gasteiger partial charge in [-0.1, -0.05) is 15.9 Å². The summed E-state index contributed by atoms with van der Waals surface area (Å²) in [6.45, 7) is 3.35. The van der Waals surface area contributed by atoms with Gasteiger partial charge in [-0.15, -0.1) is 0 Å². The highest BCUT2D eigenvalue weighted by molar-refractivity contribution is 9.10. The van der Waals surface area contributed by atoms with Gasteiger partial charge in [-0.05, 0) is 32.0 Å². The lowest BCUT2D eigenvalue weighted by atomic mass is 10.1. The number of nitrogens with one attached hydrogen (secondary N) is 2. The first-order chi connectivity index (χ1) is 10.4. The molecule has 1 atom stereocenters. The second-order valence-corrected chi connectivity index (χ2v) is 5.58. The number of hydrogen-bond donors (Lipinski definition) is 2. The molecule has 1 aromatic carbocycles. The summed E-state index contributed by atoms with van der Waals surface area (Å²) in [5.74, 6) is -2.13. The molecule has 6 nitrogen and oxygen atoms in total. The number of aromatic nitrogens is 1. The maximum Gasteiger partial charge on any atom is 0.328 e. The predicted octanol–water partition coefficient (Wildman–Crippen LogP) is 2.18. The molecule has 0 aliphatic rings. The number of carbonyl (C=O) groups excluding carboxylic acids is 3. The van der Waals surface area contributed by atoms with E-state index in [0.29, 0.717) is 5.39 Å². The Bertz CT molecular complexity index is 738. The molecule has 1 heterocycles. The number of Topliss-reactive ketones (excluding diaryl/α,β-unsaturated/α-hetero) is 1. The van der Waals surface area contributed by atoms with Gasteiger partial charge in [0.15, 0.2) is 0 Å². The van der Waals surface area contributed by atoms with Crippen LogP contribution in [0.1, 0.15) is 24.2 Å². The lowest BCUT2D eigenvalue weighted by Gasteiger charge is -2.11. The first-order valence-electron chi connectivity index (χ1n) is 6.72. The summed E-state index contributed by atoms with van der Waals surface area (Å²) in [5, 5.41) is 2.98. The van der Waals surface area contributed by atoms with Gasteiger partial charge in [0.25, 0.3) is 11.7 Å². The van der Waals surface area contributed by atoms with Crippen LogP contribution in [0.15, 0.2) is 28.9 Å². The highest BCUT2D eigenvalue weighted by atomic mass is 79.9. The van der Waals surface area contributed by atoms with Crippen molar-refractivity contribution in [1.29, 1.82) is 0 Å². The van der Waals surface area contributed by atoms with Crippen molar-refractivity contribution in [3.05, 3.63) is 34.4 Å². The summed E-state index contributed by atoms with van der Waals surface area (Å²) in [6, 6.07) is 4.50. The maximum absolute atomic E-state index is 12.2. The number of hydrogen-bond acceptors (Lipinski definition) is 4. The maximum atomic E-state index is 12.2. The molecule has 116 valence electrons. The van der Waals surface area contributed by atoms with E-state index in [-0.39, 0.29) is 12.2 Å². The van der Waals surface area contributed by atoms with E-state index in [9.17, 15) is 14.4 Å². The Labute approximate surface area is 135 Å². The summed E-state index contributed by atoms with van der Waals surface area (Å²) in [6.07, 6.45) is 1.48. The number of amides is 1. The second-order valence-electron chi connectivity index (χ2n) is 4.67. The van der Waals surface area contributed by atoms with Crippen LogP contribution in [0, 0.1) is 0 Å². The van der Waals surface area contributed by atoms with E-state index >= 15 is 0 Å².